The Hall–Kier alpha value is -2.68. The maximum Gasteiger partial charge on any atom is 0.243 e. The van der Waals surface area contributed by atoms with Gasteiger partial charge in [-0.15, -0.1) is 11.3 Å². The molecule has 3 aromatic rings. The second kappa shape index (κ2) is 11.2. The number of carbonyl (C=O) groups is 1. The molecule has 0 saturated heterocycles. The predicted octanol–water partition coefficient (Wildman–Crippen LogP) is 5.36. The molecule has 1 aliphatic rings. The molecular formula is C28H34N2O4S2. The highest BCUT2D eigenvalue weighted by Crippen LogP contribution is 2.34. The van der Waals surface area contributed by atoms with Crippen molar-refractivity contribution in [3.8, 4) is 5.75 Å². The maximum atomic E-state index is 13.7. The van der Waals surface area contributed by atoms with Crippen LogP contribution in [0.2, 0.25) is 0 Å². The lowest BCUT2D eigenvalue weighted by Crippen LogP contribution is -2.49. The van der Waals surface area contributed by atoms with Crippen molar-refractivity contribution in [1.82, 2.24) is 9.21 Å². The number of thiophene rings is 1. The average Bonchev–Trinajstić information content (AvgIpc) is 3.35. The zero-order valence-electron chi connectivity index (χ0n) is 21.3. The first-order chi connectivity index (χ1) is 17.2. The minimum atomic E-state index is -3.83. The zero-order chi connectivity index (χ0) is 25.9. The van der Waals surface area contributed by atoms with Crippen molar-refractivity contribution in [3.63, 3.8) is 0 Å². The fraction of sp³-hybridized carbons (Fsp3) is 0.393. The van der Waals surface area contributed by atoms with Gasteiger partial charge in [-0.3, -0.25) is 4.79 Å². The lowest BCUT2D eigenvalue weighted by Gasteiger charge is -2.37. The summed E-state index contributed by atoms with van der Waals surface area (Å²) in [4.78, 5) is 17.0. The van der Waals surface area contributed by atoms with Gasteiger partial charge in [-0.1, -0.05) is 42.8 Å². The summed E-state index contributed by atoms with van der Waals surface area (Å²) in [5, 5.41) is 2.05. The van der Waals surface area contributed by atoms with Crippen molar-refractivity contribution in [2.45, 2.75) is 57.5 Å². The minimum absolute atomic E-state index is 0.203. The van der Waals surface area contributed by atoms with Gasteiger partial charge in [0.2, 0.25) is 15.9 Å². The van der Waals surface area contributed by atoms with E-state index in [1.165, 1.54) is 9.18 Å². The van der Waals surface area contributed by atoms with Gasteiger partial charge in [0.15, 0.2) is 0 Å². The SMILES string of the molecule is CC[C@H](C)N(CC(=O)N1CCc2sccc2[C@@H]1COc1ccccc1C)S(=O)(=O)c1ccc(C)cc1. The highest BCUT2D eigenvalue weighted by atomic mass is 32.2. The third-order valence-corrected chi connectivity index (χ3v) is 9.88. The standard InChI is InChI=1S/C28H34N2O4S2/c1-5-22(4)30(36(32,33)23-12-10-20(2)11-13-23)18-28(31)29-16-14-27-24(15-17-35-27)25(29)19-34-26-9-7-6-8-21(26)3/h6-13,15,17,22,25H,5,14,16,18-19H2,1-4H3/t22-,25-/m0/s1. The van der Waals surface area contributed by atoms with Crippen LogP contribution in [0.3, 0.4) is 0 Å². The first-order valence-electron chi connectivity index (χ1n) is 12.3. The fourth-order valence-electron chi connectivity index (χ4n) is 4.51. The molecule has 1 aromatic heterocycles. The van der Waals surface area contributed by atoms with Gasteiger partial charge >= 0.3 is 0 Å². The molecule has 6 nitrogen and oxygen atoms in total. The Kier molecular flexibility index (Phi) is 8.17. The Labute approximate surface area is 218 Å². The number of carbonyl (C=O) groups excluding carboxylic acids is 1. The number of hydrogen-bond acceptors (Lipinski definition) is 5. The van der Waals surface area contributed by atoms with E-state index in [2.05, 4.69) is 6.07 Å². The van der Waals surface area contributed by atoms with Crippen LogP contribution < -0.4 is 4.74 Å². The lowest BCUT2D eigenvalue weighted by molar-refractivity contribution is -0.135. The second-order valence-corrected chi connectivity index (χ2v) is 12.2. The summed E-state index contributed by atoms with van der Waals surface area (Å²) in [5.74, 6) is 0.580. The third-order valence-electron chi connectivity index (χ3n) is 6.91. The van der Waals surface area contributed by atoms with E-state index >= 15 is 0 Å². The van der Waals surface area contributed by atoms with Crippen LogP contribution in [0, 0.1) is 13.8 Å². The summed E-state index contributed by atoms with van der Waals surface area (Å²) in [5.41, 5.74) is 3.10. The number of rotatable bonds is 9. The number of hydrogen-bond donors (Lipinski definition) is 0. The quantitative estimate of drug-likeness (QED) is 0.377. The van der Waals surface area contributed by atoms with Crippen molar-refractivity contribution in [1.29, 1.82) is 0 Å². The van der Waals surface area contributed by atoms with Gasteiger partial charge < -0.3 is 9.64 Å². The minimum Gasteiger partial charge on any atom is -0.491 e. The number of sulfonamides is 1. The summed E-state index contributed by atoms with van der Waals surface area (Å²) < 4.78 is 34.7. The number of amides is 1. The molecule has 0 fully saturated rings. The van der Waals surface area contributed by atoms with Crippen molar-refractivity contribution in [2.75, 3.05) is 19.7 Å². The Balaban J connectivity index is 1.59. The molecule has 2 aromatic carbocycles. The Morgan fingerprint density at radius 1 is 1.14 bits per heavy atom. The predicted molar refractivity (Wildman–Crippen MR) is 144 cm³/mol. The molecule has 0 radical (unpaired) electrons. The van der Waals surface area contributed by atoms with E-state index in [0.717, 1.165) is 28.9 Å². The van der Waals surface area contributed by atoms with Crippen LogP contribution in [0.15, 0.2) is 64.9 Å². The molecule has 8 heteroatoms. The molecule has 1 amide bonds. The number of nitrogens with zero attached hydrogens (tertiary/aromatic N) is 2. The van der Waals surface area contributed by atoms with Gasteiger partial charge in [-0.05, 0) is 74.4 Å². The fourth-order valence-corrected chi connectivity index (χ4v) is 7.10. The largest absolute Gasteiger partial charge is 0.491 e. The van der Waals surface area contributed by atoms with E-state index in [1.807, 2.05) is 57.3 Å². The Morgan fingerprint density at radius 3 is 2.56 bits per heavy atom. The topological polar surface area (TPSA) is 66.9 Å². The molecule has 2 heterocycles. The molecule has 36 heavy (non-hydrogen) atoms. The van der Waals surface area contributed by atoms with Crippen molar-refractivity contribution in [3.05, 3.63) is 81.5 Å². The lowest BCUT2D eigenvalue weighted by atomic mass is 10.0. The molecule has 0 unspecified atom stereocenters. The number of ether oxygens (including phenoxy) is 1. The van der Waals surface area contributed by atoms with Gasteiger partial charge in [-0.2, -0.15) is 4.31 Å². The van der Waals surface area contributed by atoms with E-state index in [4.69, 9.17) is 4.74 Å². The van der Waals surface area contributed by atoms with Crippen LogP contribution in [0.1, 0.15) is 47.9 Å². The molecule has 192 valence electrons. The van der Waals surface area contributed by atoms with Crippen molar-refractivity contribution < 1.29 is 17.9 Å². The van der Waals surface area contributed by atoms with Crippen LogP contribution in [0.4, 0.5) is 0 Å². The maximum absolute atomic E-state index is 13.7. The van der Waals surface area contributed by atoms with E-state index in [1.54, 1.807) is 40.5 Å². The summed E-state index contributed by atoms with van der Waals surface area (Å²) in [6.45, 7) is 8.35. The van der Waals surface area contributed by atoms with Gasteiger partial charge in [0, 0.05) is 17.5 Å². The second-order valence-electron chi connectivity index (χ2n) is 9.35. The molecule has 0 N–H and O–H groups in total. The van der Waals surface area contributed by atoms with Crippen LogP contribution in [0.25, 0.3) is 0 Å². The monoisotopic (exact) mass is 526 g/mol. The molecule has 2 atom stereocenters. The molecule has 0 aliphatic carbocycles. The summed E-state index contributed by atoms with van der Waals surface area (Å²) >= 11 is 1.69. The summed E-state index contributed by atoms with van der Waals surface area (Å²) in [6, 6.07) is 16.1. The third kappa shape index (κ3) is 5.51. The van der Waals surface area contributed by atoms with Crippen molar-refractivity contribution >= 4 is 27.3 Å². The average molecular weight is 527 g/mol. The molecule has 0 spiro atoms. The van der Waals surface area contributed by atoms with Gasteiger partial charge in [0.1, 0.15) is 12.4 Å². The van der Waals surface area contributed by atoms with Crippen molar-refractivity contribution in [2.24, 2.45) is 0 Å². The highest BCUT2D eigenvalue weighted by molar-refractivity contribution is 7.89. The molecule has 1 aliphatic heterocycles. The molecule has 0 bridgehead atoms. The van der Waals surface area contributed by atoms with Gasteiger partial charge in [0.05, 0.1) is 17.5 Å². The summed E-state index contributed by atoms with van der Waals surface area (Å²) in [7, 11) is -3.83. The van der Waals surface area contributed by atoms with Gasteiger partial charge in [0.25, 0.3) is 0 Å². The number of benzene rings is 2. The summed E-state index contributed by atoms with van der Waals surface area (Å²) in [6.07, 6.45) is 1.36. The Morgan fingerprint density at radius 2 is 1.86 bits per heavy atom. The van der Waals surface area contributed by atoms with Crippen LogP contribution in [0.5, 0.6) is 5.75 Å². The van der Waals surface area contributed by atoms with Gasteiger partial charge in [-0.25, -0.2) is 8.42 Å². The van der Waals surface area contributed by atoms with E-state index in [0.29, 0.717) is 19.6 Å². The zero-order valence-corrected chi connectivity index (χ0v) is 22.9. The molecule has 0 saturated carbocycles. The van der Waals surface area contributed by atoms with Crippen LogP contribution >= 0.6 is 11.3 Å². The van der Waals surface area contributed by atoms with E-state index in [9.17, 15) is 13.2 Å². The first-order valence-corrected chi connectivity index (χ1v) is 14.7. The Bertz CT molecular complexity index is 1300. The van der Waals surface area contributed by atoms with E-state index < -0.39 is 10.0 Å². The molecular weight excluding hydrogens is 492 g/mol. The first kappa shape index (κ1) is 26.4. The number of aryl methyl sites for hydroxylation is 2. The van der Waals surface area contributed by atoms with Crippen LogP contribution in [-0.2, 0) is 21.2 Å². The number of para-hydroxylation sites is 1. The number of fused-ring (bicyclic) bond motifs is 1. The van der Waals surface area contributed by atoms with E-state index in [-0.39, 0.29) is 29.4 Å². The van der Waals surface area contributed by atoms with Crippen LogP contribution in [-0.4, -0.2) is 49.3 Å². The molecule has 4 rings (SSSR count). The highest BCUT2D eigenvalue weighted by Gasteiger charge is 2.36. The normalized spacial score (nSPS) is 16.6. The smallest absolute Gasteiger partial charge is 0.243 e.